The fourth-order valence-corrected chi connectivity index (χ4v) is 3.53. The Kier molecular flexibility index (Phi) is 4.06. The Morgan fingerprint density at radius 1 is 1.15 bits per heavy atom. The fraction of sp³-hybridized carbons (Fsp3) is 0. The molecule has 132 valence electrons. The highest BCUT2D eigenvalue weighted by Crippen LogP contribution is 2.40. The van der Waals surface area contributed by atoms with Crippen LogP contribution in [0, 0.1) is 18.2 Å². The van der Waals surface area contributed by atoms with E-state index < -0.39 is 11.6 Å². The van der Waals surface area contributed by atoms with Gasteiger partial charge in [-0.15, -0.1) is 11.3 Å². The molecule has 0 amide bonds. The van der Waals surface area contributed by atoms with Crippen molar-refractivity contribution < 1.29 is 8.78 Å². The standard InChI is InChI=1S/C17H9F2N7S/c1-21-10-4-2-3-8(18)13(10)17-26-14-9(19)6-22-16(15(14)27-17)25-12-5-11(20)23-7-24-12/h2-7H,(H3,20,22,23,24,25). The summed E-state index contributed by atoms with van der Waals surface area (Å²) in [7, 11) is 0. The van der Waals surface area contributed by atoms with Gasteiger partial charge in [-0.25, -0.2) is 33.6 Å². The highest BCUT2D eigenvalue weighted by Gasteiger charge is 2.19. The summed E-state index contributed by atoms with van der Waals surface area (Å²) in [5, 5.41) is 3.12. The lowest BCUT2D eigenvalue weighted by Crippen LogP contribution is -1.99. The van der Waals surface area contributed by atoms with Crippen LogP contribution in [0.1, 0.15) is 0 Å². The van der Waals surface area contributed by atoms with Gasteiger partial charge in [-0.2, -0.15) is 0 Å². The second kappa shape index (κ2) is 6.54. The van der Waals surface area contributed by atoms with Gasteiger partial charge < -0.3 is 11.1 Å². The molecule has 1 aromatic carbocycles. The lowest BCUT2D eigenvalue weighted by Gasteiger charge is -2.05. The summed E-state index contributed by atoms with van der Waals surface area (Å²) >= 11 is 1.02. The number of anilines is 3. The number of hydrogen-bond donors (Lipinski definition) is 2. The zero-order valence-electron chi connectivity index (χ0n) is 13.4. The van der Waals surface area contributed by atoms with Crippen molar-refractivity contribution in [2.75, 3.05) is 11.1 Å². The van der Waals surface area contributed by atoms with Crippen molar-refractivity contribution in [3.63, 3.8) is 0 Å². The number of nitrogens with two attached hydrogens (primary N) is 1. The zero-order valence-corrected chi connectivity index (χ0v) is 14.3. The molecule has 0 saturated heterocycles. The van der Waals surface area contributed by atoms with E-state index in [1.165, 1.54) is 30.6 Å². The largest absolute Gasteiger partial charge is 0.384 e. The van der Waals surface area contributed by atoms with E-state index >= 15 is 0 Å². The molecule has 3 N–H and O–H groups in total. The molecule has 0 unspecified atom stereocenters. The summed E-state index contributed by atoms with van der Waals surface area (Å²) < 4.78 is 28.9. The average molecular weight is 381 g/mol. The molecule has 0 aliphatic carbocycles. The quantitative estimate of drug-likeness (QED) is 0.514. The van der Waals surface area contributed by atoms with Crippen LogP contribution in [0.15, 0.2) is 36.8 Å². The van der Waals surface area contributed by atoms with Crippen LogP contribution in [0.5, 0.6) is 0 Å². The number of pyridine rings is 1. The number of hydrogen-bond acceptors (Lipinski definition) is 7. The van der Waals surface area contributed by atoms with Gasteiger partial charge in [-0.3, -0.25) is 0 Å². The summed E-state index contributed by atoms with van der Waals surface area (Å²) in [5.74, 6) is -0.349. The maximum atomic E-state index is 14.3. The SMILES string of the molecule is [C-]#[N+]c1cccc(F)c1-c1nc2c(F)cnc(Nc3cc(N)ncn3)c2s1. The monoisotopic (exact) mass is 381 g/mol. The smallest absolute Gasteiger partial charge is 0.200 e. The lowest BCUT2D eigenvalue weighted by molar-refractivity contribution is 0.629. The molecule has 0 aliphatic rings. The van der Waals surface area contributed by atoms with E-state index in [4.69, 9.17) is 12.3 Å². The number of benzene rings is 1. The molecule has 3 heterocycles. The van der Waals surface area contributed by atoms with E-state index in [2.05, 4.69) is 30.1 Å². The van der Waals surface area contributed by atoms with Crippen LogP contribution in [-0.4, -0.2) is 19.9 Å². The molecule has 7 nitrogen and oxygen atoms in total. The predicted octanol–water partition coefficient (Wildman–Crippen LogP) is 4.30. The Balaban J connectivity index is 1.88. The summed E-state index contributed by atoms with van der Waals surface area (Å²) in [6, 6.07) is 5.64. The third kappa shape index (κ3) is 3.00. The Bertz CT molecular complexity index is 1220. The van der Waals surface area contributed by atoms with E-state index in [1.807, 2.05) is 0 Å². The summed E-state index contributed by atoms with van der Waals surface area (Å²) in [5.41, 5.74) is 5.78. The summed E-state index contributed by atoms with van der Waals surface area (Å²) in [4.78, 5) is 19.4. The molecule has 0 spiro atoms. The van der Waals surface area contributed by atoms with Crippen molar-refractivity contribution in [1.29, 1.82) is 0 Å². The van der Waals surface area contributed by atoms with Crippen LogP contribution < -0.4 is 11.1 Å². The molecular formula is C17H9F2N7S. The first-order chi connectivity index (χ1) is 13.1. The topological polar surface area (TPSA) is 94.0 Å². The molecule has 0 radical (unpaired) electrons. The van der Waals surface area contributed by atoms with Crippen LogP contribution in [0.25, 0.3) is 25.6 Å². The van der Waals surface area contributed by atoms with E-state index in [0.29, 0.717) is 10.5 Å². The van der Waals surface area contributed by atoms with Crippen molar-refractivity contribution in [1.82, 2.24) is 19.9 Å². The Hall–Kier alpha value is -3.71. The second-order valence-corrected chi connectivity index (χ2v) is 6.35. The molecular weight excluding hydrogens is 372 g/mol. The van der Waals surface area contributed by atoms with E-state index in [9.17, 15) is 8.78 Å². The minimum Gasteiger partial charge on any atom is -0.384 e. The van der Waals surface area contributed by atoms with Crippen LogP contribution in [0.3, 0.4) is 0 Å². The maximum absolute atomic E-state index is 14.3. The molecule has 4 rings (SSSR count). The lowest BCUT2D eigenvalue weighted by atomic mass is 10.2. The minimum atomic E-state index is -0.652. The van der Waals surface area contributed by atoms with Gasteiger partial charge in [0.2, 0.25) is 0 Å². The highest BCUT2D eigenvalue weighted by molar-refractivity contribution is 7.22. The minimum absolute atomic E-state index is 0.0220. The van der Waals surface area contributed by atoms with Crippen LogP contribution >= 0.6 is 11.3 Å². The molecule has 10 heteroatoms. The molecule has 0 saturated carbocycles. The van der Waals surface area contributed by atoms with Gasteiger partial charge in [0.1, 0.15) is 39.0 Å². The number of rotatable bonds is 3. The zero-order chi connectivity index (χ0) is 19.0. The molecule has 3 aromatic heterocycles. The van der Waals surface area contributed by atoms with Gasteiger partial charge in [0.05, 0.1) is 18.3 Å². The van der Waals surface area contributed by atoms with Crippen molar-refractivity contribution >= 4 is 44.7 Å². The second-order valence-electron chi connectivity index (χ2n) is 5.35. The first-order valence-corrected chi connectivity index (χ1v) is 8.34. The number of nitrogens with one attached hydrogen (secondary N) is 1. The fourth-order valence-electron chi connectivity index (χ4n) is 2.46. The van der Waals surface area contributed by atoms with Crippen LogP contribution in [0.4, 0.5) is 31.9 Å². The Morgan fingerprint density at radius 3 is 2.78 bits per heavy atom. The van der Waals surface area contributed by atoms with E-state index in [1.54, 1.807) is 0 Å². The number of nitrogen functional groups attached to an aromatic ring is 1. The first-order valence-electron chi connectivity index (χ1n) is 7.52. The Morgan fingerprint density at radius 2 is 2.00 bits per heavy atom. The van der Waals surface area contributed by atoms with Gasteiger partial charge in [0, 0.05) is 6.07 Å². The molecule has 0 fully saturated rings. The molecule has 27 heavy (non-hydrogen) atoms. The van der Waals surface area contributed by atoms with Crippen molar-refractivity contribution in [3.8, 4) is 10.6 Å². The van der Waals surface area contributed by atoms with Gasteiger partial charge >= 0.3 is 0 Å². The van der Waals surface area contributed by atoms with Crippen LogP contribution in [0.2, 0.25) is 0 Å². The number of fused-ring (bicyclic) bond motifs is 1. The van der Waals surface area contributed by atoms with E-state index in [-0.39, 0.29) is 33.4 Å². The number of halogens is 2. The summed E-state index contributed by atoms with van der Waals surface area (Å²) in [6.07, 6.45) is 2.29. The van der Waals surface area contributed by atoms with Gasteiger partial charge in [0.25, 0.3) is 0 Å². The predicted molar refractivity (Wildman–Crippen MR) is 98.8 cm³/mol. The molecule has 0 bridgehead atoms. The summed E-state index contributed by atoms with van der Waals surface area (Å²) in [6.45, 7) is 7.23. The third-order valence-corrected chi connectivity index (χ3v) is 4.72. The average Bonchev–Trinajstić information content (AvgIpc) is 3.10. The molecule has 4 aromatic rings. The molecule has 0 aliphatic heterocycles. The third-order valence-electron chi connectivity index (χ3n) is 3.64. The first kappa shape index (κ1) is 16.7. The van der Waals surface area contributed by atoms with Crippen molar-refractivity contribution in [3.05, 3.63) is 59.8 Å². The van der Waals surface area contributed by atoms with Crippen LogP contribution in [-0.2, 0) is 0 Å². The van der Waals surface area contributed by atoms with Gasteiger partial charge in [0.15, 0.2) is 17.3 Å². The van der Waals surface area contributed by atoms with E-state index in [0.717, 1.165) is 17.5 Å². The number of thiazole rings is 1. The van der Waals surface area contributed by atoms with Gasteiger partial charge in [-0.05, 0) is 6.07 Å². The van der Waals surface area contributed by atoms with Gasteiger partial charge in [-0.1, -0.05) is 12.1 Å². The van der Waals surface area contributed by atoms with Crippen molar-refractivity contribution in [2.45, 2.75) is 0 Å². The molecule has 0 atom stereocenters. The normalized spacial score (nSPS) is 10.7. The highest BCUT2D eigenvalue weighted by atomic mass is 32.1. The number of aromatic nitrogens is 4. The Labute approximate surface area is 155 Å². The number of nitrogens with zero attached hydrogens (tertiary/aromatic N) is 5. The van der Waals surface area contributed by atoms with Crippen molar-refractivity contribution in [2.24, 2.45) is 0 Å². The maximum Gasteiger partial charge on any atom is 0.200 e.